The fourth-order valence-electron chi connectivity index (χ4n) is 5.69. The summed E-state index contributed by atoms with van der Waals surface area (Å²) in [7, 11) is 1.67. The van der Waals surface area contributed by atoms with Crippen LogP contribution in [0.3, 0.4) is 0 Å². The van der Waals surface area contributed by atoms with Crippen molar-refractivity contribution in [1.29, 1.82) is 0 Å². The van der Waals surface area contributed by atoms with E-state index in [0.717, 1.165) is 58.1 Å². The van der Waals surface area contributed by atoms with Crippen molar-refractivity contribution in [2.24, 2.45) is 0 Å². The van der Waals surface area contributed by atoms with Gasteiger partial charge in [0.25, 0.3) is 5.91 Å². The minimum absolute atomic E-state index is 0.0714. The number of aromatic carboxylic acids is 1. The number of carbonyl (C=O) groups excluding carboxylic acids is 1. The molecule has 0 radical (unpaired) electrons. The van der Waals surface area contributed by atoms with Gasteiger partial charge in [-0.25, -0.2) is 4.79 Å². The fourth-order valence-corrected chi connectivity index (χ4v) is 5.69. The van der Waals surface area contributed by atoms with Gasteiger partial charge in [0.2, 0.25) is 0 Å². The molecule has 42 heavy (non-hydrogen) atoms. The van der Waals surface area contributed by atoms with Gasteiger partial charge in [0.15, 0.2) is 0 Å². The van der Waals surface area contributed by atoms with Crippen LogP contribution in [0.2, 0.25) is 0 Å². The Morgan fingerprint density at radius 3 is 2.29 bits per heavy atom. The van der Waals surface area contributed by atoms with Gasteiger partial charge in [-0.15, -0.1) is 0 Å². The van der Waals surface area contributed by atoms with E-state index in [1.165, 1.54) is 0 Å². The first-order valence-corrected chi connectivity index (χ1v) is 14.4. The van der Waals surface area contributed by atoms with Gasteiger partial charge in [0.05, 0.1) is 22.8 Å². The highest BCUT2D eigenvalue weighted by atomic mass is 16.6. The molecule has 214 valence electrons. The summed E-state index contributed by atoms with van der Waals surface area (Å²) in [4.78, 5) is 31.0. The lowest BCUT2D eigenvalue weighted by Crippen LogP contribution is -2.28. The Morgan fingerprint density at radius 1 is 0.905 bits per heavy atom. The van der Waals surface area contributed by atoms with Crippen molar-refractivity contribution >= 4 is 22.8 Å². The molecule has 1 heterocycles. The minimum atomic E-state index is -0.944. The van der Waals surface area contributed by atoms with E-state index in [2.05, 4.69) is 19.2 Å². The lowest BCUT2D eigenvalue weighted by Gasteiger charge is -2.17. The maximum absolute atomic E-state index is 13.4. The largest absolute Gasteiger partial charge is 0.478 e. The van der Waals surface area contributed by atoms with Crippen LogP contribution >= 0.6 is 0 Å². The van der Waals surface area contributed by atoms with Gasteiger partial charge in [-0.1, -0.05) is 93.1 Å². The molecule has 0 aliphatic heterocycles. The third kappa shape index (κ3) is 5.79. The van der Waals surface area contributed by atoms with Gasteiger partial charge in [-0.05, 0) is 71.3 Å². The Balaban J connectivity index is 1.50. The van der Waals surface area contributed by atoms with Crippen LogP contribution in [0.25, 0.3) is 22.0 Å². The number of carbonyl (C=O) groups is 2. The van der Waals surface area contributed by atoms with Crippen molar-refractivity contribution in [2.45, 2.75) is 45.6 Å². The predicted molar refractivity (Wildman–Crippen MR) is 167 cm³/mol. The summed E-state index contributed by atoms with van der Waals surface area (Å²) in [6.07, 6.45) is 3.21. The van der Waals surface area contributed by atoms with Gasteiger partial charge < -0.3 is 15.3 Å². The number of hydrogen-bond acceptors (Lipinski definition) is 3. The number of fused-ring (bicyclic) bond motifs is 1. The first-order valence-electron chi connectivity index (χ1n) is 14.4. The average Bonchev–Trinajstić information content (AvgIpc) is 3.31. The molecule has 6 nitrogen and oxygen atoms in total. The number of carboxylic acid groups (broad SMARTS) is 1. The molecule has 5 rings (SSSR count). The summed E-state index contributed by atoms with van der Waals surface area (Å²) in [6, 6.07) is 30.8. The first-order chi connectivity index (χ1) is 20.4. The highest BCUT2D eigenvalue weighted by Crippen LogP contribution is 2.31. The molecule has 2 N–H and O–H groups in total. The fraction of sp³-hybridized carbons (Fsp3) is 0.222. The highest BCUT2D eigenvalue weighted by molar-refractivity contribution is 5.99. The number of benzene rings is 4. The van der Waals surface area contributed by atoms with E-state index in [1.54, 1.807) is 19.2 Å². The molecule has 0 aliphatic carbocycles. The van der Waals surface area contributed by atoms with E-state index in [1.807, 2.05) is 89.7 Å². The Hall–Kier alpha value is -4.84. The normalized spacial score (nSPS) is 11.8. The van der Waals surface area contributed by atoms with E-state index in [4.69, 9.17) is 4.84 Å². The predicted octanol–water partition coefficient (Wildman–Crippen LogP) is 7.49. The van der Waals surface area contributed by atoms with Gasteiger partial charge in [-0.3, -0.25) is 4.79 Å². The van der Waals surface area contributed by atoms with Crippen LogP contribution in [-0.4, -0.2) is 28.8 Å². The van der Waals surface area contributed by atoms with Crippen molar-refractivity contribution < 1.29 is 19.5 Å². The zero-order valence-corrected chi connectivity index (χ0v) is 24.3. The standard InChI is InChI=1S/C36H36N2O4/c1-4-11-33-30(22-24-16-18-25(19-17-24)28-14-9-10-15-29(28)36(40)41)31-23-27(20-21-34(31)38(33)42-3)35(39)37-32(5-2)26-12-7-6-8-13-26/h6-10,12-21,23,32H,4-5,11,22H2,1-3H3,(H,37,39)(H,40,41). The number of aromatic nitrogens is 1. The Bertz CT molecular complexity index is 1700. The molecule has 0 bridgehead atoms. The summed E-state index contributed by atoms with van der Waals surface area (Å²) in [6.45, 7) is 4.21. The smallest absolute Gasteiger partial charge is 0.336 e. The second-order valence-electron chi connectivity index (χ2n) is 10.5. The van der Waals surface area contributed by atoms with Crippen LogP contribution < -0.4 is 10.2 Å². The molecule has 0 saturated carbocycles. The molecule has 1 aromatic heterocycles. The summed E-state index contributed by atoms with van der Waals surface area (Å²) in [5.74, 6) is -1.05. The quantitative estimate of drug-likeness (QED) is 0.175. The van der Waals surface area contributed by atoms with Gasteiger partial charge in [0, 0.05) is 10.9 Å². The molecule has 1 unspecified atom stereocenters. The van der Waals surface area contributed by atoms with Crippen molar-refractivity contribution in [3.63, 3.8) is 0 Å². The van der Waals surface area contributed by atoms with Crippen LogP contribution in [0.5, 0.6) is 0 Å². The van der Waals surface area contributed by atoms with Gasteiger partial charge in [-0.2, -0.15) is 4.73 Å². The molecule has 0 spiro atoms. The molecule has 1 amide bonds. The Kier molecular flexibility index (Phi) is 8.72. The van der Waals surface area contributed by atoms with Crippen LogP contribution in [0.1, 0.15) is 75.8 Å². The number of carboxylic acids is 1. The van der Waals surface area contributed by atoms with E-state index in [0.29, 0.717) is 17.5 Å². The lowest BCUT2D eigenvalue weighted by molar-refractivity contribution is 0.0697. The molecular formula is C36H36N2O4. The van der Waals surface area contributed by atoms with E-state index in [9.17, 15) is 14.7 Å². The molecule has 4 aromatic carbocycles. The van der Waals surface area contributed by atoms with Crippen LogP contribution in [-0.2, 0) is 12.8 Å². The van der Waals surface area contributed by atoms with Crippen molar-refractivity contribution in [3.05, 3.63) is 131 Å². The number of hydrogen-bond donors (Lipinski definition) is 2. The number of amides is 1. The van der Waals surface area contributed by atoms with Gasteiger partial charge >= 0.3 is 5.97 Å². The average molecular weight is 561 g/mol. The summed E-state index contributed by atoms with van der Waals surface area (Å²) in [5.41, 5.74) is 7.74. The summed E-state index contributed by atoms with van der Waals surface area (Å²) < 4.78 is 1.88. The van der Waals surface area contributed by atoms with Gasteiger partial charge in [0.1, 0.15) is 7.11 Å². The maximum Gasteiger partial charge on any atom is 0.336 e. The Morgan fingerprint density at radius 2 is 1.62 bits per heavy atom. The third-order valence-corrected chi connectivity index (χ3v) is 7.78. The third-order valence-electron chi connectivity index (χ3n) is 7.78. The molecule has 6 heteroatoms. The molecule has 1 atom stereocenters. The van der Waals surface area contributed by atoms with Crippen molar-refractivity contribution in [1.82, 2.24) is 10.0 Å². The highest BCUT2D eigenvalue weighted by Gasteiger charge is 2.21. The van der Waals surface area contributed by atoms with Crippen LogP contribution in [0, 0.1) is 0 Å². The summed E-state index contributed by atoms with van der Waals surface area (Å²) in [5, 5.41) is 13.8. The van der Waals surface area contributed by atoms with Crippen LogP contribution in [0.4, 0.5) is 0 Å². The first kappa shape index (κ1) is 28.7. The summed E-state index contributed by atoms with van der Waals surface area (Å²) >= 11 is 0. The SMILES string of the molecule is CCCc1c(Cc2ccc(-c3ccccc3C(=O)O)cc2)c2cc(C(=O)NC(CC)c3ccccc3)ccc2n1OC. The molecule has 0 fully saturated rings. The zero-order valence-electron chi connectivity index (χ0n) is 24.3. The number of nitrogens with zero attached hydrogens (tertiary/aromatic N) is 1. The molecular weight excluding hydrogens is 524 g/mol. The van der Waals surface area contributed by atoms with E-state index < -0.39 is 5.97 Å². The Labute approximate surface area is 246 Å². The lowest BCUT2D eigenvalue weighted by atomic mass is 9.95. The van der Waals surface area contributed by atoms with E-state index >= 15 is 0 Å². The van der Waals surface area contributed by atoms with E-state index in [-0.39, 0.29) is 17.5 Å². The molecule has 5 aromatic rings. The van der Waals surface area contributed by atoms with Crippen LogP contribution in [0.15, 0.2) is 97.1 Å². The molecule has 0 saturated heterocycles. The monoisotopic (exact) mass is 560 g/mol. The maximum atomic E-state index is 13.4. The second kappa shape index (κ2) is 12.8. The van der Waals surface area contributed by atoms with Crippen molar-refractivity contribution in [2.75, 3.05) is 7.11 Å². The number of nitrogens with one attached hydrogen (secondary N) is 1. The minimum Gasteiger partial charge on any atom is -0.478 e. The van der Waals surface area contributed by atoms with Crippen molar-refractivity contribution in [3.8, 4) is 11.1 Å². The number of rotatable bonds is 11. The molecule has 0 aliphatic rings. The topological polar surface area (TPSA) is 80.6 Å². The zero-order chi connectivity index (χ0) is 29.6. The second-order valence-corrected chi connectivity index (χ2v) is 10.5.